The summed E-state index contributed by atoms with van der Waals surface area (Å²) in [6.07, 6.45) is 0.978. The Labute approximate surface area is 107 Å². The number of rotatable bonds is 1. The Balaban J connectivity index is 2.17. The van der Waals surface area contributed by atoms with Crippen LogP contribution in [0.15, 0.2) is 24.3 Å². The maximum absolute atomic E-state index is 12.3. The van der Waals surface area contributed by atoms with Crippen molar-refractivity contribution in [2.45, 2.75) is 19.4 Å². The first kappa shape index (κ1) is 12.4. The third-order valence-electron chi connectivity index (χ3n) is 3.08. The number of hydrogen-bond donors (Lipinski definition) is 1. The maximum Gasteiger partial charge on any atom is 0.255 e. The molecule has 0 bridgehead atoms. The molecular weight excluding hydrogens is 236 g/mol. The van der Waals surface area contributed by atoms with Crippen LogP contribution in [0.4, 0.5) is 0 Å². The van der Waals surface area contributed by atoms with Crippen molar-refractivity contribution in [3.63, 3.8) is 0 Å². The van der Waals surface area contributed by atoms with Gasteiger partial charge in [0.2, 0.25) is 0 Å². The first-order chi connectivity index (χ1) is 8.08. The van der Waals surface area contributed by atoms with Crippen LogP contribution in [0.5, 0.6) is 0 Å². The topological polar surface area (TPSA) is 46.3 Å². The molecule has 0 aliphatic carbocycles. The van der Waals surface area contributed by atoms with Crippen molar-refractivity contribution in [1.82, 2.24) is 4.90 Å². The van der Waals surface area contributed by atoms with E-state index in [1.165, 1.54) is 0 Å². The van der Waals surface area contributed by atoms with Crippen LogP contribution in [0, 0.1) is 5.92 Å². The Bertz CT molecular complexity index is 412. The molecule has 2 rings (SSSR count). The second-order valence-corrected chi connectivity index (χ2v) is 5.20. The minimum atomic E-state index is -0.0161. The molecule has 1 aromatic rings. The summed E-state index contributed by atoms with van der Waals surface area (Å²) in [6.45, 7) is 3.50. The molecule has 1 aliphatic heterocycles. The van der Waals surface area contributed by atoms with E-state index in [2.05, 4.69) is 6.92 Å². The highest BCUT2D eigenvalue weighted by Crippen LogP contribution is 2.21. The fraction of sp³-hybridized carbons (Fsp3) is 0.462. The molecule has 0 aromatic heterocycles. The van der Waals surface area contributed by atoms with Gasteiger partial charge in [0.1, 0.15) is 0 Å². The predicted molar refractivity (Wildman–Crippen MR) is 69.1 cm³/mol. The average Bonchev–Trinajstić information content (AvgIpc) is 2.27. The number of amides is 1. The van der Waals surface area contributed by atoms with Crippen molar-refractivity contribution >= 4 is 17.5 Å². The van der Waals surface area contributed by atoms with E-state index in [4.69, 9.17) is 17.3 Å². The van der Waals surface area contributed by atoms with Gasteiger partial charge in [-0.25, -0.2) is 0 Å². The van der Waals surface area contributed by atoms with Gasteiger partial charge in [-0.3, -0.25) is 4.79 Å². The van der Waals surface area contributed by atoms with Crippen molar-refractivity contribution in [3.8, 4) is 0 Å². The zero-order valence-electron chi connectivity index (χ0n) is 9.90. The summed E-state index contributed by atoms with van der Waals surface area (Å²) in [4.78, 5) is 14.1. The van der Waals surface area contributed by atoms with E-state index in [-0.39, 0.29) is 11.9 Å². The Kier molecular flexibility index (Phi) is 3.69. The summed E-state index contributed by atoms with van der Waals surface area (Å²) in [7, 11) is 0. The molecule has 1 saturated heterocycles. The zero-order valence-corrected chi connectivity index (χ0v) is 10.7. The fourth-order valence-corrected chi connectivity index (χ4v) is 2.59. The first-order valence-electron chi connectivity index (χ1n) is 5.87. The lowest BCUT2D eigenvalue weighted by atomic mass is 9.96. The van der Waals surface area contributed by atoms with Crippen LogP contribution < -0.4 is 5.73 Å². The van der Waals surface area contributed by atoms with E-state index in [1.807, 2.05) is 12.1 Å². The van der Waals surface area contributed by atoms with Crippen LogP contribution in [-0.2, 0) is 0 Å². The molecule has 2 unspecified atom stereocenters. The van der Waals surface area contributed by atoms with Crippen molar-refractivity contribution in [1.29, 1.82) is 0 Å². The molecule has 0 saturated carbocycles. The highest BCUT2D eigenvalue weighted by molar-refractivity contribution is 6.33. The normalized spacial score (nSPS) is 24.8. The Morgan fingerprint density at radius 3 is 2.76 bits per heavy atom. The van der Waals surface area contributed by atoms with Crippen molar-refractivity contribution < 1.29 is 4.79 Å². The van der Waals surface area contributed by atoms with Gasteiger partial charge in [0.15, 0.2) is 0 Å². The van der Waals surface area contributed by atoms with Gasteiger partial charge in [0.25, 0.3) is 5.91 Å². The molecule has 1 aliphatic rings. The van der Waals surface area contributed by atoms with Gasteiger partial charge in [0.05, 0.1) is 10.6 Å². The standard InChI is InChI=1S/C13H17ClN2O/c1-9-6-10(15)8-16(7-9)13(17)11-4-2-3-5-12(11)14/h2-5,9-10H,6-8,15H2,1H3. The molecule has 4 heteroatoms. The number of benzene rings is 1. The number of carbonyl (C=O) groups excluding carboxylic acids is 1. The Morgan fingerprint density at radius 1 is 1.41 bits per heavy atom. The van der Waals surface area contributed by atoms with E-state index >= 15 is 0 Å². The summed E-state index contributed by atoms with van der Waals surface area (Å²) < 4.78 is 0. The second-order valence-electron chi connectivity index (χ2n) is 4.79. The Hall–Kier alpha value is -1.06. The average molecular weight is 253 g/mol. The number of carbonyl (C=O) groups is 1. The highest BCUT2D eigenvalue weighted by Gasteiger charge is 2.27. The molecule has 1 heterocycles. The van der Waals surface area contributed by atoms with E-state index in [0.29, 0.717) is 23.0 Å². The van der Waals surface area contributed by atoms with E-state index < -0.39 is 0 Å². The molecule has 2 N–H and O–H groups in total. The molecule has 3 nitrogen and oxygen atoms in total. The summed E-state index contributed by atoms with van der Waals surface area (Å²) in [6, 6.07) is 7.22. The van der Waals surface area contributed by atoms with Gasteiger partial charge in [-0.05, 0) is 24.5 Å². The van der Waals surface area contributed by atoms with Gasteiger partial charge in [-0.2, -0.15) is 0 Å². The number of likely N-dealkylation sites (tertiary alicyclic amines) is 1. The molecule has 17 heavy (non-hydrogen) atoms. The summed E-state index contributed by atoms with van der Waals surface area (Å²) in [5.41, 5.74) is 6.51. The number of piperidine rings is 1. The van der Waals surface area contributed by atoms with Crippen LogP contribution in [0.2, 0.25) is 5.02 Å². The lowest BCUT2D eigenvalue weighted by molar-refractivity contribution is 0.0661. The van der Waals surface area contributed by atoms with Crippen LogP contribution >= 0.6 is 11.6 Å². The minimum absolute atomic E-state index is 0.0161. The second kappa shape index (κ2) is 5.07. The SMILES string of the molecule is CC1CC(N)CN(C(=O)c2ccccc2Cl)C1. The Morgan fingerprint density at radius 2 is 2.12 bits per heavy atom. The van der Waals surface area contributed by atoms with Crippen LogP contribution in [0.25, 0.3) is 0 Å². The third kappa shape index (κ3) is 2.79. The quantitative estimate of drug-likeness (QED) is 0.833. The fourth-order valence-electron chi connectivity index (χ4n) is 2.37. The smallest absolute Gasteiger partial charge is 0.255 e. The van der Waals surface area contributed by atoms with Crippen LogP contribution in [0.1, 0.15) is 23.7 Å². The summed E-state index contributed by atoms with van der Waals surface area (Å²) in [5, 5.41) is 0.504. The zero-order chi connectivity index (χ0) is 12.4. The van der Waals surface area contributed by atoms with E-state index in [9.17, 15) is 4.79 Å². The molecule has 1 fully saturated rings. The lowest BCUT2D eigenvalue weighted by Crippen LogP contribution is -2.48. The van der Waals surface area contributed by atoms with E-state index in [1.54, 1.807) is 17.0 Å². The van der Waals surface area contributed by atoms with Gasteiger partial charge in [-0.1, -0.05) is 30.7 Å². The molecular formula is C13H17ClN2O. The molecule has 2 atom stereocenters. The molecule has 0 spiro atoms. The number of halogens is 1. The van der Waals surface area contributed by atoms with Crippen molar-refractivity contribution in [3.05, 3.63) is 34.9 Å². The molecule has 0 radical (unpaired) electrons. The number of nitrogens with two attached hydrogens (primary N) is 1. The van der Waals surface area contributed by atoms with Crippen molar-refractivity contribution in [2.75, 3.05) is 13.1 Å². The largest absolute Gasteiger partial charge is 0.337 e. The molecule has 92 valence electrons. The van der Waals surface area contributed by atoms with Gasteiger partial charge >= 0.3 is 0 Å². The van der Waals surface area contributed by atoms with Gasteiger partial charge in [0, 0.05) is 19.1 Å². The first-order valence-corrected chi connectivity index (χ1v) is 6.25. The maximum atomic E-state index is 12.3. The van der Waals surface area contributed by atoms with Crippen molar-refractivity contribution in [2.24, 2.45) is 11.7 Å². The number of nitrogens with zero attached hydrogens (tertiary/aromatic N) is 1. The van der Waals surface area contributed by atoms with Crippen LogP contribution in [-0.4, -0.2) is 29.9 Å². The van der Waals surface area contributed by atoms with E-state index in [0.717, 1.165) is 13.0 Å². The lowest BCUT2D eigenvalue weighted by Gasteiger charge is -2.35. The predicted octanol–water partition coefficient (Wildman–Crippen LogP) is 2.15. The molecule has 1 aromatic carbocycles. The molecule has 1 amide bonds. The summed E-state index contributed by atoms with van der Waals surface area (Å²) >= 11 is 6.03. The third-order valence-corrected chi connectivity index (χ3v) is 3.41. The number of hydrogen-bond acceptors (Lipinski definition) is 2. The van der Waals surface area contributed by atoms with Gasteiger partial charge in [-0.15, -0.1) is 0 Å². The van der Waals surface area contributed by atoms with Crippen LogP contribution in [0.3, 0.4) is 0 Å². The highest BCUT2D eigenvalue weighted by atomic mass is 35.5. The summed E-state index contributed by atoms with van der Waals surface area (Å²) in [5.74, 6) is 0.433. The monoisotopic (exact) mass is 252 g/mol. The van der Waals surface area contributed by atoms with Gasteiger partial charge < -0.3 is 10.6 Å². The minimum Gasteiger partial charge on any atom is -0.337 e.